The van der Waals surface area contributed by atoms with Gasteiger partial charge in [-0.25, -0.2) is 0 Å². The standard InChI is InChI=1S/C14H11N3O3/c18-8-6-14(11-3-2-7-15-10-11)16-12-4-1-5-13(9-12)17(19)20/h1-10,16H/b14-6-. The number of aromatic nitrogens is 1. The molecular weight excluding hydrogens is 258 g/mol. The summed E-state index contributed by atoms with van der Waals surface area (Å²) in [6.07, 6.45) is 5.21. The summed E-state index contributed by atoms with van der Waals surface area (Å²) in [6.45, 7) is 0. The maximum atomic E-state index is 10.7. The lowest BCUT2D eigenvalue weighted by molar-refractivity contribution is -0.384. The van der Waals surface area contributed by atoms with E-state index in [1.54, 1.807) is 36.7 Å². The van der Waals surface area contributed by atoms with Crippen LogP contribution in [0.2, 0.25) is 0 Å². The second kappa shape index (κ2) is 6.24. The lowest BCUT2D eigenvalue weighted by Gasteiger charge is -2.10. The van der Waals surface area contributed by atoms with Crippen LogP contribution in [-0.4, -0.2) is 16.2 Å². The summed E-state index contributed by atoms with van der Waals surface area (Å²) < 4.78 is 0. The number of nitro benzene ring substituents is 1. The largest absolute Gasteiger partial charge is 0.355 e. The van der Waals surface area contributed by atoms with Crippen molar-refractivity contribution in [1.29, 1.82) is 0 Å². The van der Waals surface area contributed by atoms with Crippen LogP contribution >= 0.6 is 0 Å². The molecule has 100 valence electrons. The molecule has 6 nitrogen and oxygen atoms in total. The minimum Gasteiger partial charge on any atom is -0.355 e. The van der Waals surface area contributed by atoms with E-state index in [0.29, 0.717) is 23.2 Å². The van der Waals surface area contributed by atoms with Crippen LogP contribution in [0, 0.1) is 10.1 Å². The van der Waals surface area contributed by atoms with E-state index in [0.717, 1.165) is 0 Å². The first-order chi connectivity index (χ1) is 9.70. The van der Waals surface area contributed by atoms with Crippen molar-refractivity contribution in [2.45, 2.75) is 0 Å². The van der Waals surface area contributed by atoms with Gasteiger partial charge in [0.25, 0.3) is 5.69 Å². The number of carbonyl (C=O) groups is 1. The highest BCUT2D eigenvalue weighted by molar-refractivity contribution is 5.87. The summed E-state index contributed by atoms with van der Waals surface area (Å²) in [5, 5.41) is 13.7. The maximum Gasteiger partial charge on any atom is 0.271 e. The summed E-state index contributed by atoms with van der Waals surface area (Å²) in [5.74, 6) is 0. The third kappa shape index (κ3) is 3.26. The minimum absolute atomic E-state index is 0.0216. The Kier molecular flexibility index (Phi) is 4.18. The molecular formula is C14H11N3O3. The summed E-state index contributed by atoms with van der Waals surface area (Å²) in [5.41, 5.74) is 1.74. The topological polar surface area (TPSA) is 85.1 Å². The van der Waals surface area contributed by atoms with Crippen LogP contribution in [0.4, 0.5) is 11.4 Å². The van der Waals surface area contributed by atoms with Crippen LogP contribution in [0.15, 0.2) is 54.9 Å². The molecule has 0 unspecified atom stereocenters. The predicted octanol–water partition coefficient (Wildman–Crippen LogP) is 2.64. The molecule has 0 aliphatic rings. The maximum absolute atomic E-state index is 10.7. The lowest BCUT2D eigenvalue weighted by atomic mass is 10.2. The highest BCUT2D eigenvalue weighted by atomic mass is 16.6. The number of hydrogen-bond donors (Lipinski definition) is 1. The molecule has 0 aliphatic carbocycles. The van der Waals surface area contributed by atoms with Crippen LogP contribution < -0.4 is 5.32 Å². The number of carbonyl (C=O) groups excluding carboxylic acids is 1. The molecule has 1 heterocycles. The Morgan fingerprint density at radius 2 is 2.15 bits per heavy atom. The quantitative estimate of drug-likeness (QED) is 0.390. The number of pyridine rings is 1. The third-order valence-electron chi connectivity index (χ3n) is 2.54. The van der Waals surface area contributed by atoms with Crippen molar-refractivity contribution in [2.24, 2.45) is 0 Å². The number of rotatable bonds is 5. The van der Waals surface area contributed by atoms with Crippen LogP contribution in [0.25, 0.3) is 5.70 Å². The molecule has 0 bridgehead atoms. The van der Waals surface area contributed by atoms with Gasteiger partial charge < -0.3 is 5.32 Å². The van der Waals surface area contributed by atoms with Gasteiger partial charge in [0, 0.05) is 41.9 Å². The van der Waals surface area contributed by atoms with Crippen molar-refractivity contribution in [2.75, 3.05) is 5.32 Å². The van der Waals surface area contributed by atoms with E-state index in [1.165, 1.54) is 18.2 Å². The van der Waals surface area contributed by atoms with Gasteiger partial charge in [0.2, 0.25) is 0 Å². The Morgan fingerprint density at radius 1 is 1.30 bits per heavy atom. The second-order valence-electron chi connectivity index (χ2n) is 3.89. The van der Waals surface area contributed by atoms with Crippen LogP contribution in [0.5, 0.6) is 0 Å². The number of allylic oxidation sites excluding steroid dienone is 1. The van der Waals surface area contributed by atoms with Gasteiger partial charge in [0.05, 0.1) is 10.6 Å². The third-order valence-corrected chi connectivity index (χ3v) is 2.54. The number of non-ortho nitro benzene ring substituents is 1. The van der Waals surface area contributed by atoms with E-state index in [1.807, 2.05) is 0 Å². The Labute approximate surface area is 114 Å². The molecule has 0 amide bonds. The van der Waals surface area contributed by atoms with Gasteiger partial charge in [-0.05, 0) is 18.2 Å². The molecule has 1 aromatic carbocycles. The van der Waals surface area contributed by atoms with Gasteiger partial charge in [-0.2, -0.15) is 0 Å². The highest BCUT2D eigenvalue weighted by Gasteiger charge is 2.07. The van der Waals surface area contributed by atoms with E-state index >= 15 is 0 Å². The molecule has 2 rings (SSSR count). The van der Waals surface area contributed by atoms with Crippen molar-refractivity contribution in [3.8, 4) is 0 Å². The SMILES string of the molecule is O=C/C=C(\Nc1cccc([N+](=O)[O-])c1)c1cccnc1. The van der Waals surface area contributed by atoms with E-state index < -0.39 is 4.92 Å². The van der Waals surface area contributed by atoms with Crippen molar-refractivity contribution >= 4 is 23.4 Å². The van der Waals surface area contributed by atoms with E-state index in [9.17, 15) is 14.9 Å². The molecule has 6 heteroatoms. The van der Waals surface area contributed by atoms with Gasteiger partial charge >= 0.3 is 0 Å². The molecule has 0 fully saturated rings. The molecule has 0 atom stereocenters. The smallest absolute Gasteiger partial charge is 0.271 e. The normalized spacial score (nSPS) is 10.9. The summed E-state index contributed by atoms with van der Waals surface area (Å²) >= 11 is 0. The zero-order valence-corrected chi connectivity index (χ0v) is 10.4. The molecule has 1 aromatic heterocycles. The second-order valence-corrected chi connectivity index (χ2v) is 3.89. The Morgan fingerprint density at radius 3 is 2.80 bits per heavy atom. The number of nitro groups is 1. The Balaban J connectivity index is 2.30. The Bertz CT molecular complexity index is 654. The molecule has 0 saturated carbocycles. The van der Waals surface area contributed by atoms with Crippen LogP contribution in [-0.2, 0) is 4.79 Å². The number of aldehydes is 1. The summed E-state index contributed by atoms with van der Waals surface area (Å²) in [6, 6.07) is 9.58. The molecule has 0 radical (unpaired) electrons. The zero-order chi connectivity index (χ0) is 14.4. The van der Waals surface area contributed by atoms with Gasteiger partial charge in [0.1, 0.15) is 6.29 Å². The lowest BCUT2D eigenvalue weighted by Crippen LogP contribution is -2.00. The van der Waals surface area contributed by atoms with Crippen molar-refractivity contribution < 1.29 is 9.72 Å². The van der Waals surface area contributed by atoms with Crippen molar-refractivity contribution in [3.05, 3.63) is 70.5 Å². The predicted molar refractivity (Wildman–Crippen MR) is 75.0 cm³/mol. The van der Waals surface area contributed by atoms with Crippen LogP contribution in [0.3, 0.4) is 0 Å². The van der Waals surface area contributed by atoms with Gasteiger partial charge in [-0.15, -0.1) is 0 Å². The van der Waals surface area contributed by atoms with E-state index in [4.69, 9.17) is 0 Å². The first-order valence-corrected chi connectivity index (χ1v) is 5.78. The minimum atomic E-state index is -0.474. The van der Waals surface area contributed by atoms with Crippen molar-refractivity contribution in [1.82, 2.24) is 4.98 Å². The van der Waals surface area contributed by atoms with Gasteiger partial charge in [0.15, 0.2) is 0 Å². The molecule has 0 saturated heterocycles. The Hall–Kier alpha value is -3.02. The van der Waals surface area contributed by atoms with E-state index in [-0.39, 0.29) is 5.69 Å². The first-order valence-electron chi connectivity index (χ1n) is 5.78. The molecule has 2 aromatic rings. The zero-order valence-electron chi connectivity index (χ0n) is 10.4. The number of benzene rings is 1. The molecule has 0 spiro atoms. The molecule has 0 aliphatic heterocycles. The fourth-order valence-electron chi connectivity index (χ4n) is 1.65. The monoisotopic (exact) mass is 269 g/mol. The molecule has 1 N–H and O–H groups in total. The molecule has 20 heavy (non-hydrogen) atoms. The first kappa shape index (κ1) is 13.4. The number of nitrogens with zero attached hydrogens (tertiary/aromatic N) is 2. The van der Waals surface area contributed by atoms with Gasteiger partial charge in [-0.3, -0.25) is 19.9 Å². The van der Waals surface area contributed by atoms with E-state index in [2.05, 4.69) is 10.3 Å². The number of anilines is 1. The average molecular weight is 269 g/mol. The van der Waals surface area contributed by atoms with Crippen molar-refractivity contribution in [3.63, 3.8) is 0 Å². The summed E-state index contributed by atoms with van der Waals surface area (Å²) in [4.78, 5) is 24.9. The highest BCUT2D eigenvalue weighted by Crippen LogP contribution is 2.21. The fourth-order valence-corrected chi connectivity index (χ4v) is 1.65. The van der Waals surface area contributed by atoms with Gasteiger partial charge in [-0.1, -0.05) is 6.07 Å². The fraction of sp³-hybridized carbons (Fsp3) is 0. The van der Waals surface area contributed by atoms with Crippen LogP contribution in [0.1, 0.15) is 5.56 Å². The number of hydrogen-bond acceptors (Lipinski definition) is 5. The number of nitrogens with one attached hydrogen (secondary N) is 1. The average Bonchev–Trinajstić information content (AvgIpc) is 2.48. The summed E-state index contributed by atoms with van der Waals surface area (Å²) in [7, 11) is 0.